The Kier molecular flexibility index (Phi) is 2.26. The smallest absolute Gasteiger partial charge is 0.0923 e. The minimum Gasteiger partial charge on any atom is -0.372 e. The standard InChI is InChI=1S/C13H14N2O/c1-9(13-5-14-8-15-13)11-4-2-3-10-6-16-7-12(10)11/h2-5,8-9H,6-7H2,1H3,(H,14,15). The number of hydrogen-bond acceptors (Lipinski definition) is 2. The fourth-order valence-corrected chi connectivity index (χ4v) is 2.30. The summed E-state index contributed by atoms with van der Waals surface area (Å²) in [5.74, 6) is 0.322. The molecule has 0 aliphatic carbocycles. The third kappa shape index (κ3) is 1.44. The Balaban J connectivity index is 2.04. The lowest BCUT2D eigenvalue weighted by Gasteiger charge is -2.13. The van der Waals surface area contributed by atoms with Crippen LogP contribution in [0, 0.1) is 0 Å². The molecule has 0 fully saturated rings. The molecule has 1 aromatic heterocycles. The first-order chi connectivity index (χ1) is 7.86. The number of benzene rings is 1. The van der Waals surface area contributed by atoms with Crippen LogP contribution in [0.25, 0.3) is 0 Å². The van der Waals surface area contributed by atoms with Gasteiger partial charge >= 0.3 is 0 Å². The molecule has 1 aromatic carbocycles. The van der Waals surface area contributed by atoms with Crippen molar-refractivity contribution in [2.45, 2.75) is 26.1 Å². The van der Waals surface area contributed by atoms with Crippen LogP contribution >= 0.6 is 0 Å². The highest BCUT2D eigenvalue weighted by molar-refractivity contribution is 5.41. The molecule has 1 N–H and O–H groups in total. The van der Waals surface area contributed by atoms with Gasteiger partial charge in [-0.1, -0.05) is 25.1 Å². The number of fused-ring (bicyclic) bond motifs is 1. The minimum absolute atomic E-state index is 0.322. The summed E-state index contributed by atoms with van der Waals surface area (Å²) in [4.78, 5) is 7.33. The number of nitrogens with one attached hydrogen (secondary N) is 1. The van der Waals surface area contributed by atoms with E-state index in [4.69, 9.17) is 4.74 Å². The van der Waals surface area contributed by atoms with Gasteiger partial charge in [-0.2, -0.15) is 0 Å². The summed E-state index contributed by atoms with van der Waals surface area (Å²) in [6.07, 6.45) is 3.69. The van der Waals surface area contributed by atoms with Crippen molar-refractivity contribution in [3.8, 4) is 0 Å². The zero-order valence-electron chi connectivity index (χ0n) is 9.23. The molecular weight excluding hydrogens is 200 g/mol. The minimum atomic E-state index is 0.322. The summed E-state index contributed by atoms with van der Waals surface area (Å²) in [6, 6.07) is 6.42. The summed E-state index contributed by atoms with van der Waals surface area (Å²) >= 11 is 0. The molecular formula is C13H14N2O. The van der Waals surface area contributed by atoms with Gasteiger partial charge in [-0.05, 0) is 16.7 Å². The topological polar surface area (TPSA) is 37.9 Å². The van der Waals surface area contributed by atoms with Gasteiger partial charge in [0.25, 0.3) is 0 Å². The molecule has 16 heavy (non-hydrogen) atoms. The molecule has 0 saturated heterocycles. The zero-order chi connectivity index (χ0) is 11.0. The van der Waals surface area contributed by atoms with Gasteiger partial charge in [0.15, 0.2) is 0 Å². The number of aromatic nitrogens is 2. The van der Waals surface area contributed by atoms with Gasteiger partial charge < -0.3 is 9.72 Å². The van der Waals surface area contributed by atoms with E-state index in [1.165, 1.54) is 16.7 Å². The first-order valence-corrected chi connectivity index (χ1v) is 5.53. The Morgan fingerprint density at radius 2 is 2.31 bits per heavy atom. The summed E-state index contributed by atoms with van der Waals surface area (Å²) in [6.45, 7) is 3.67. The van der Waals surface area contributed by atoms with Gasteiger partial charge in [0.05, 0.1) is 25.2 Å². The van der Waals surface area contributed by atoms with E-state index in [1.807, 2.05) is 6.20 Å². The molecule has 0 amide bonds. The highest BCUT2D eigenvalue weighted by Gasteiger charge is 2.20. The molecule has 1 unspecified atom stereocenters. The molecule has 1 atom stereocenters. The van der Waals surface area contributed by atoms with Crippen molar-refractivity contribution in [1.29, 1.82) is 0 Å². The lowest BCUT2D eigenvalue weighted by molar-refractivity contribution is 0.134. The Bertz CT molecular complexity index is 491. The molecule has 3 nitrogen and oxygen atoms in total. The maximum atomic E-state index is 5.49. The second-order valence-electron chi connectivity index (χ2n) is 4.19. The molecule has 3 rings (SSSR count). The Morgan fingerprint density at radius 1 is 1.38 bits per heavy atom. The Labute approximate surface area is 94.5 Å². The summed E-state index contributed by atoms with van der Waals surface area (Å²) in [7, 11) is 0. The van der Waals surface area contributed by atoms with E-state index in [9.17, 15) is 0 Å². The monoisotopic (exact) mass is 214 g/mol. The maximum absolute atomic E-state index is 5.49. The fourth-order valence-electron chi connectivity index (χ4n) is 2.30. The number of H-pyrrole nitrogens is 1. The van der Waals surface area contributed by atoms with E-state index in [1.54, 1.807) is 6.33 Å². The van der Waals surface area contributed by atoms with E-state index in [0.29, 0.717) is 5.92 Å². The van der Waals surface area contributed by atoms with Crippen LogP contribution in [0.1, 0.15) is 35.2 Å². The van der Waals surface area contributed by atoms with Crippen LogP contribution in [0.5, 0.6) is 0 Å². The molecule has 0 spiro atoms. The Morgan fingerprint density at radius 3 is 3.12 bits per heavy atom. The molecule has 0 bridgehead atoms. The molecule has 0 saturated carbocycles. The van der Waals surface area contributed by atoms with E-state index in [2.05, 4.69) is 35.1 Å². The van der Waals surface area contributed by atoms with Crippen molar-refractivity contribution in [2.24, 2.45) is 0 Å². The van der Waals surface area contributed by atoms with Gasteiger partial charge in [0.2, 0.25) is 0 Å². The van der Waals surface area contributed by atoms with Gasteiger partial charge in [0, 0.05) is 12.1 Å². The fraction of sp³-hybridized carbons (Fsp3) is 0.308. The predicted octanol–water partition coefficient (Wildman–Crippen LogP) is 2.59. The third-order valence-corrected chi connectivity index (χ3v) is 3.24. The Hall–Kier alpha value is -1.61. The number of rotatable bonds is 2. The van der Waals surface area contributed by atoms with Crippen LogP contribution in [0.2, 0.25) is 0 Å². The van der Waals surface area contributed by atoms with Gasteiger partial charge in [-0.15, -0.1) is 0 Å². The first-order valence-electron chi connectivity index (χ1n) is 5.53. The molecule has 1 aliphatic heterocycles. The van der Waals surface area contributed by atoms with E-state index >= 15 is 0 Å². The van der Waals surface area contributed by atoms with Crippen LogP contribution in [-0.4, -0.2) is 9.97 Å². The van der Waals surface area contributed by atoms with Crippen LogP contribution in [0.3, 0.4) is 0 Å². The lowest BCUT2D eigenvalue weighted by Crippen LogP contribution is -2.01. The van der Waals surface area contributed by atoms with Crippen LogP contribution < -0.4 is 0 Å². The van der Waals surface area contributed by atoms with Crippen LogP contribution in [-0.2, 0) is 18.0 Å². The predicted molar refractivity (Wildman–Crippen MR) is 61.0 cm³/mol. The van der Waals surface area contributed by atoms with Crippen molar-refractivity contribution in [3.05, 3.63) is 53.1 Å². The normalized spacial score (nSPS) is 16.1. The zero-order valence-corrected chi connectivity index (χ0v) is 9.23. The summed E-state index contributed by atoms with van der Waals surface area (Å²) in [5, 5.41) is 0. The number of nitrogens with zero attached hydrogens (tertiary/aromatic N) is 1. The molecule has 0 radical (unpaired) electrons. The maximum Gasteiger partial charge on any atom is 0.0923 e. The summed E-state index contributed by atoms with van der Waals surface area (Å²) < 4.78 is 5.49. The quantitative estimate of drug-likeness (QED) is 0.834. The second kappa shape index (κ2) is 3.76. The van der Waals surface area contributed by atoms with Crippen molar-refractivity contribution in [3.63, 3.8) is 0 Å². The van der Waals surface area contributed by atoms with E-state index in [-0.39, 0.29) is 0 Å². The second-order valence-corrected chi connectivity index (χ2v) is 4.19. The van der Waals surface area contributed by atoms with E-state index in [0.717, 1.165) is 18.9 Å². The number of aromatic amines is 1. The molecule has 1 aliphatic rings. The largest absolute Gasteiger partial charge is 0.372 e. The first kappa shape index (κ1) is 9.60. The molecule has 3 heteroatoms. The van der Waals surface area contributed by atoms with Crippen molar-refractivity contribution in [2.75, 3.05) is 0 Å². The van der Waals surface area contributed by atoms with Crippen molar-refractivity contribution >= 4 is 0 Å². The van der Waals surface area contributed by atoms with Crippen molar-refractivity contribution in [1.82, 2.24) is 9.97 Å². The summed E-state index contributed by atoms with van der Waals surface area (Å²) in [5.41, 5.74) is 5.08. The number of hydrogen-bond donors (Lipinski definition) is 1. The van der Waals surface area contributed by atoms with E-state index < -0.39 is 0 Å². The molecule has 2 heterocycles. The van der Waals surface area contributed by atoms with Gasteiger partial charge in [-0.25, -0.2) is 4.98 Å². The third-order valence-electron chi connectivity index (χ3n) is 3.24. The van der Waals surface area contributed by atoms with Gasteiger partial charge in [0.1, 0.15) is 0 Å². The van der Waals surface area contributed by atoms with Gasteiger partial charge in [-0.3, -0.25) is 0 Å². The number of ether oxygens (including phenoxy) is 1. The van der Waals surface area contributed by atoms with Crippen LogP contribution in [0.15, 0.2) is 30.7 Å². The SMILES string of the molecule is CC(c1c[nH]cn1)c1cccc2c1COC2. The van der Waals surface area contributed by atoms with Crippen molar-refractivity contribution < 1.29 is 4.74 Å². The highest BCUT2D eigenvalue weighted by Crippen LogP contribution is 2.31. The highest BCUT2D eigenvalue weighted by atomic mass is 16.5. The van der Waals surface area contributed by atoms with Crippen LogP contribution in [0.4, 0.5) is 0 Å². The average molecular weight is 214 g/mol. The lowest BCUT2D eigenvalue weighted by atomic mass is 9.92. The molecule has 2 aromatic rings. The average Bonchev–Trinajstić information content (AvgIpc) is 2.98. The molecule has 82 valence electrons. The number of imidazole rings is 1.